The zero-order valence-electron chi connectivity index (χ0n) is 11.4. The number of halogens is 2. The summed E-state index contributed by atoms with van der Waals surface area (Å²) in [7, 11) is -3.81. The standard InChI is InChI=1S/C12H16Cl2N2O2S3/c1-7-2-4-12(5-3-7,11(15)19)16-21(17,18)8-6-9(13)20-10(8)14/h6-7,16H,2-5H2,1H3,(H2,15,19). The average molecular weight is 387 g/mol. The Morgan fingerprint density at radius 3 is 2.48 bits per heavy atom. The van der Waals surface area contributed by atoms with Crippen LogP contribution in [0.5, 0.6) is 0 Å². The average Bonchev–Trinajstić information content (AvgIpc) is 2.72. The highest BCUT2D eigenvalue weighted by Crippen LogP contribution is 2.37. The van der Waals surface area contributed by atoms with Crippen molar-refractivity contribution < 1.29 is 8.42 Å². The summed E-state index contributed by atoms with van der Waals surface area (Å²) in [5.41, 5.74) is 4.95. The molecule has 0 saturated heterocycles. The molecule has 1 aliphatic rings. The van der Waals surface area contributed by atoms with Gasteiger partial charge in [0.05, 0.1) is 14.9 Å². The second kappa shape index (κ2) is 6.29. The van der Waals surface area contributed by atoms with Crippen molar-refractivity contribution in [2.75, 3.05) is 0 Å². The largest absolute Gasteiger partial charge is 0.392 e. The Hall–Kier alpha value is 0.0800. The molecule has 0 spiro atoms. The maximum Gasteiger partial charge on any atom is 0.243 e. The summed E-state index contributed by atoms with van der Waals surface area (Å²) in [5, 5.41) is 0. The van der Waals surface area contributed by atoms with E-state index in [1.807, 2.05) is 0 Å². The van der Waals surface area contributed by atoms with Crippen molar-refractivity contribution in [3.63, 3.8) is 0 Å². The van der Waals surface area contributed by atoms with Gasteiger partial charge in [-0.1, -0.05) is 42.3 Å². The molecule has 0 amide bonds. The number of rotatable bonds is 4. The number of nitrogens with two attached hydrogens (primary N) is 1. The normalized spacial score (nSPS) is 26.7. The van der Waals surface area contributed by atoms with Gasteiger partial charge in [-0.15, -0.1) is 11.3 Å². The third-order valence-corrected chi connectivity index (χ3v) is 7.52. The Bertz CT molecular complexity index is 649. The van der Waals surface area contributed by atoms with Crippen LogP contribution in [0.2, 0.25) is 8.67 Å². The molecule has 0 aromatic carbocycles. The summed E-state index contributed by atoms with van der Waals surface area (Å²) >= 11 is 17.9. The predicted molar refractivity (Wildman–Crippen MR) is 91.8 cm³/mol. The number of hydrogen-bond acceptors (Lipinski definition) is 4. The van der Waals surface area contributed by atoms with E-state index in [2.05, 4.69) is 11.6 Å². The number of hydrogen-bond donors (Lipinski definition) is 2. The van der Waals surface area contributed by atoms with E-state index in [0.717, 1.165) is 24.2 Å². The Labute approximate surface area is 144 Å². The lowest BCUT2D eigenvalue weighted by molar-refractivity contribution is 0.289. The van der Waals surface area contributed by atoms with Crippen LogP contribution in [0.25, 0.3) is 0 Å². The fraction of sp³-hybridized carbons (Fsp3) is 0.583. The van der Waals surface area contributed by atoms with Crippen LogP contribution in [0.4, 0.5) is 0 Å². The second-order valence-electron chi connectivity index (χ2n) is 5.42. The Morgan fingerprint density at radius 2 is 2.05 bits per heavy atom. The SMILES string of the molecule is CC1CCC(NS(=O)(=O)c2cc(Cl)sc2Cl)(C(N)=S)CC1. The lowest BCUT2D eigenvalue weighted by Gasteiger charge is -2.38. The summed E-state index contributed by atoms with van der Waals surface area (Å²) in [6.45, 7) is 2.13. The van der Waals surface area contributed by atoms with Crippen molar-refractivity contribution in [3.8, 4) is 0 Å². The lowest BCUT2D eigenvalue weighted by Crippen LogP contribution is -2.58. The van der Waals surface area contributed by atoms with Crippen molar-refractivity contribution in [1.29, 1.82) is 0 Å². The summed E-state index contributed by atoms with van der Waals surface area (Å²) < 4.78 is 28.3. The number of thiophene rings is 1. The van der Waals surface area contributed by atoms with E-state index in [-0.39, 0.29) is 14.2 Å². The van der Waals surface area contributed by atoms with Gasteiger partial charge in [0.2, 0.25) is 10.0 Å². The molecular formula is C12H16Cl2N2O2S3. The zero-order valence-corrected chi connectivity index (χ0v) is 15.3. The van der Waals surface area contributed by atoms with Gasteiger partial charge in [0.15, 0.2) is 0 Å². The third kappa shape index (κ3) is 3.71. The van der Waals surface area contributed by atoms with E-state index < -0.39 is 15.6 Å². The van der Waals surface area contributed by atoms with Crippen molar-refractivity contribution in [2.24, 2.45) is 11.7 Å². The molecule has 1 aliphatic carbocycles. The Balaban J connectivity index is 2.33. The second-order valence-corrected chi connectivity index (χ2v) is 9.80. The summed E-state index contributed by atoms with van der Waals surface area (Å²) in [6.07, 6.45) is 2.94. The fourth-order valence-electron chi connectivity index (χ4n) is 2.47. The Kier molecular flexibility index (Phi) is 5.23. The van der Waals surface area contributed by atoms with Crippen LogP contribution in [0.3, 0.4) is 0 Å². The Morgan fingerprint density at radius 1 is 1.48 bits per heavy atom. The minimum atomic E-state index is -3.81. The van der Waals surface area contributed by atoms with Gasteiger partial charge >= 0.3 is 0 Å². The molecule has 4 nitrogen and oxygen atoms in total. The van der Waals surface area contributed by atoms with Crippen LogP contribution in [0, 0.1) is 5.92 Å². The highest BCUT2D eigenvalue weighted by atomic mass is 35.5. The van der Waals surface area contributed by atoms with Gasteiger partial charge in [-0.05, 0) is 37.7 Å². The summed E-state index contributed by atoms with van der Waals surface area (Å²) in [4.78, 5) is 0.156. The predicted octanol–water partition coefficient (Wildman–Crippen LogP) is 3.57. The molecular weight excluding hydrogens is 371 g/mol. The third-order valence-electron chi connectivity index (χ3n) is 3.84. The minimum absolute atomic E-state index is 0.0200. The van der Waals surface area contributed by atoms with Crippen LogP contribution in [0.15, 0.2) is 11.0 Å². The number of nitrogens with one attached hydrogen (secondary N) is 1. The van der Waals surface area contributed by atoms with Gasteiger partial charge in [0, 0.05) is 0 Å². The smallest absolute Gasteiger partial charge is 0.243 e. The minimum Gasteiger partial charge on any atom is -0.392 e. The maximum atomic E-state index is 12.6. The van der Waals surface area contributed by atoms with E-state index in [1.54, 1.807) is 0 Å². The number of sulfonamides is 1. The van der Waals surface area contributed by atoms with Gasteiger partial charge in [-0.25, -0.2) is 8.42 Å². The summed E-state index contributed by atoms with van der Waals surface area (Å²) in [6, 6.07) is 1.34. The first-order chi connectivity index (χ1) is 9.66. The first-order valence-electron chi connectivity index (χ1n) is 6.45. The molecule has 1 aromatic rings. The molecule has 21 heavy (non-hydrogen) atoms. The van der Waals surface area contributed by atoms with Crippen molar-refractivity contribution >= 4 is 61.8 Å². The molecule has 0 radical (unpaired) electrons. The van der Waals surface area contributed by atoms with Gasteiger partial charge in [-0.3, -0.25) is 0 Å². The van der Waals surface area contributed by atoms with Gasteiger partial charge in [-0.2, -0.15) is 4.72 Å². The first-order valence-corrected chi connectivity index (χ1v) is 9.91. The zero-order chi connectivity index (χ0) is 15.8. The topological polar surface area (TPSA) is 72.2 Å². The highest BCUT2D eigenvalue weighted by molar-refractivity contribution is 7.90. The maximum absolute atomic E-state index is 12.6. The van der Waals surface area contributed by atoms with E-state index in [0.29, 0.717) is 23.1 Å². The van der Waals surface area contributed by atoms with E-state index in [4.69, 9.17) is 41.2 Å². The van der Waals surface area contributed by atoms with Crippen LogP contribution in [0.1, 0.15) is 32.6 Å². The molecule has 1 saturated carbocycles. The van der Waals surface area contributed by atoms with Crippen LogP contribution in [-0.4, -0.2) is 18.9 Å². The van der Waals surface area contributed by atoms with Crippen LogP contribution in [-0.2, 0) is 10.0 Å². The molecule has 2 rings (SSSR count). The molecule has 9 heteroatoms. The van der Waals surface area contributed by atoms with Crippen LogP contribution < -0.4 is 10.5 Å². The van der Waals surface area contributed by atoms with Crippen molar-refractivity contribution in [2.45, 2.75) is 43.0 Å². The molecule has 1 aromatic heterocycles. The molecule has 1 fully saturated rings. The quantitative estimate of drug-likeness (QED) is 0.775. The van der Waals surface area contributed by atoms with E-state index >= 15 is 0 Å². The molecule has 0 unspecified atom stereocenters. The molecule has 0 aliphatic heterocycles. The molecule has 1 heterocycles. The molecule has 3 N–H and O–H groups in total. The molecule has 0 bridgehead atoms. The van der Waals surface area contributed by atoms with E-state index in [9.17, 15) is 8.42 Å². The van der Waals surface area contributed by atoms with Gasteiger partial charge in [0.25, 0.3) is 0 Å². The number of thiocarbonyl (C=S) groups is 1. The lowest BCUT2D eigenvalue weighted by atomic mass is 9.78. The summed E-state index contributed by atoms with van der Waals surface area (Å²) in [5.74, 6) is 0.538. The van der Waals surface area contributed by atoms with Crippen LogP contribution >= 0.6 is 46.8 Å². The first kappa shape index (κ1) is 17.4. The highest BCUT2D eigenvalue weighted by Gasteiger charge is 2.41. The van der Waals surface area contributed by atoms with Crippen molar-refractivity contribution in [1.82, 2.24) is 4.72 Å². The fourth-order valence-corrected chi connectivity index (χ4v) is 6.39. The monoisotopic (exact) mass is 386 g/mol. The molecule has 118 valence electrons. The van der Waals surface area contributed by atoms with Gasteiger partial charge < -0.3 is 5.73 Å². The van der Waals surface area contributed by atoms with E-state index in [1.165, 1.54) is 6.07 Å². The molecule has 0 atom stereocenters. The van der Waals surface area contributed by atoms with Gasteiger partial charge in [0.1, 0.15) is 9.23 Å². The van der Waals surface area contributed by atoms with Crippen molar-refractivity contribution in [3.05, 3.63) is 14.7 Å².